The van der Waals surface area contributed by atoms with Crippen LogP contribution in [0.4, 0.5) is 5.69 Å². The zero-order valence-corrected chi connectivity index (χ0v) is 12.6. The molecule has 116 valence electrons. The number of nitrogens with zero attached hydrogens (tertiary/aromatic N) is 2. The zero-order valence-electron chi connectivity index (χ0n) is 11.9. The lowest BCUT2D eigenvalue weighted by Gasteiger charge is -2.04. The number of amides is 1. The summed E-state index contributed by atoms with van der Waals surface area (Å²) in [6.07, 6.45) is 6.01. The Morgan fingerprint density at radius 3 is 2.68 bits per heavy atom. The highest BCUT2D eigenvalue weighted by Gasteiger charge is 2.54. The maximum Gasteiger partial charge on any atom is 0.270 e. The van der Waals surface area contributed by atoms with E-state index < -0.39 is 4.92 Å². The summed E-state index contributed by atoms with van der Waals surface area (Å²) in [6.45, 7) is 0. The number of nitro benzene ring substituents is 1. The SMILES string of the molecule is O=C(NN=Cc1cc([N+](=O)[O-])ccc1Cl)C1[C@@H]2CCCC[C@@H]12. The summed E-state index contributed by atoms with van der Waals surface area (Å²) < 4.78 is 0. The smallest absolute Gasteiger partial charge is 0.270 e. The van der Waals surface area contributed by atoms with Gasteiger partial charge < -0.3 is 0 Å². The van der Waals surface area contributed by atoms with E-state index in [9.17, 15) is 14.9 Å². The number of carbonyl (C=O) groups excluding carboxylic acids is 1. The third-order valence-electron chi connectivity index (χ3n) is 4.53. The first-order valence-corrected chi connectivity index (χ1v) is 7.72. The highest BCUT2D eigenvalue weighted by molar-refractivity contribution is 6.33. The van der Waals surface area contributed by atoms with E-state index in [1.165, 1.54) is 37.3 Å². The average molecular weight is 322 g/mol. The van der Waals surface area contributed by atoms with Crippen LogP contribution in [0.1, 0.15) is 31.2 Å². The Labute approximate surface area is 132 Å². The number of nitrogens with one attached hydrogen (secondary N) is 1. The number of hydrazone groups is 1. The first-order valence-electron chi connectivity index (χ1n) is 7.35. The van der Waals surface area contributed by atoms with Crippen molar-refractivity contribution in [2.45, 2.75) is 25.7 Å². The standard InChI is InChI=1S/C15H16ClN3O3/c16-13-6-5-10(19(21)22)7-9(13)8-17-18-15(20)14-11-3-1-2-4-12(11)14/h5-8,11-12,14H,1-4H2,(H,18,20)/t11-,12-/m1/s1. The predicted octanol–water partition coefficient (Wildman–Crippen LogP) is 3.13. The van der Waals surface area contributed by atoms with Crippen molar-refractivity contribution >= 4 is 29.4 Å². The number of fused-ring (bicyclic) bond motifs is 1. The highest BCUT2D eigenvalue weighted by Crippen LogP contribution is 2.55. The van der Waals surface area contributed by atoms with Crippen LogP contribution >= 0.6 is 11.6 Å². The van der Waals surface area contributed by atoms with Gasteiger partial charge in [0.25, 0.3) is 5.69 Å². The Bertz CT molecular complexity index is 635. The Morgan fingerprint density at radius 1 is 1.36 bits per heavy atom. The highest BCUT2D eigenvalue weighted by atomic mass is 35.5. The maximum absolute atomic E-state index is 12.1. The van der Waals surface area contributed by atoms with Crippen molar-refractivity contribution in [1.82, 2.24) is 5.43 Å². The summed E-state index contributed by atoms with van der Waals surface area (Å²) in [5.74, 6) is 1.06. The lowest BCUT2D eigenvalue weighted by atomic mass is 10.0. The molecule has 1 N–H and O–H groups in total. The van der Waals surface area contributed by atoms with Gasteiger partial charge in [0.1, 0.15) is 0 Å². The van der Waals surface area contributed by atoms with Crippen molar-refractivity contribution in [2.75, 3.05) is 0 Å². The van der Waals surface area contributed by atoms with Gasteiger partial charge in [-0.25, -0.2) is 5.43 Å². The van der Waals surface area contributed by atoms with Gasteiger partial charge in [-0.05, 0) is 30.7 Å². The fourth-order valence-electron chi connectivity index (χ4n) is 3.36. The number of hydrogen-bond donors (Lipinski definition) is 1. The van der Waals surface area contributed by atoms with Crippen LogP contribution in [0.2, 0.25) is 5.02 Å². The minimum absolute atomic E-state index is 0.0605. The first kappa shape index (κ1) is 15.0. The molecule has 6 nitrogen and oxygen atoms in total. The van der Waals surface area contributed by atoms with Crippen LogP contribution in [0.3, 0.4) is 0 Å². The molecule has 3 rings (SSSR count). The molecular formula is C15H16ClN3O3. The minimum Gasteiger partial charge on any atom is -0.273 e. The molecule has 1 aromatic rings. The lowest BCUT2D eigenvalue weighted by molar-refractivity contribution is -0.384. The fraction of sp³-hybridized carbons (Fsp3) is 0.467. The van der Waals surface area contributed by atoms with Gasteiger partial charge >= 0.3 is 0 Å². The van der Waals surface area contributed by atoms with Crippen molar-refractivity contribution in [2.24, 2.45) is 22.9 Å². The molecule has 7 heteroatoms. The van der Waals surface area contributed by atoms with Gasteiger partial charge in [0.15, 0.2) is 0 Å². The molecule has 0 unspecified atom stereocenters. The molecule has 0 aliphatic heterocycles. The van der Waals surface area contributed by atoms with Gasteiger partial charge in [-0.2, -0.15) is 5.10 Å². The molecule has 0 radical (unpaired) electrons. The molecule has 0 saturated heterocycles. The Morgan fingerprint density at radius 2 is 2.05 bits per heavy atom. The van der Waals surface area contributed by atoms with Crippen LogP contribution in [-0.4, -0.2) is 17.0 Å². The summed E-state index contributed by atoms with van der Waals surface area (Å²) >= 11 is 5.96. The minimum atomic E-state index is -0.499. The number of rotatable bonds is 4. The van der Waals surface area contributed by atoms with E-state index in [0.29, 0.717) is 22.4 Å². The van der Waals surface area contributed by atoms with Crippen molar-refractivity contribution in [3.63, 3.8) is 0 Å². The number of hydrogen-bond acceptors (Lipinski definition) is 4. The molecule has 2 fully saturated rings. The molecule has 0 bridgehead atoms. The van der Waals surface area contributed by atoms with Gasteiger partial charge in [-0.1, -0.05) is 24.4 Å². The van der Waals surface area contributed by atoms with E-state index in [1.54, 1.807) is 0 Å². The van der Waals surface area contributed by atoms with Crippen molar-refractivity contribution in [1.29, 1.82) is 0 Å². The van der Waals surface area contributed by atoms with Crippen molar-refractivity contribution in [3.8, 4) is 0 Å². The van der Waals surface area contributed by atoms with Crippen LogP contribution in [0.15, 0.2) is 23.3 Å². The van der Waals surface area contributed by atoms with Crippen molar-refractivity contribution < 1.29 is 9.72 Å². The van der Waals surface area contributed by atoms with E-state index in [4.69, 9.17) is 11.6 Å². The second kappa shape index (κ2) is 6.04. The van der Waals surface area contributed by atoms with Gasteiger partial charge in [0, 0.05) is 28.6 Å². The molecule has 1 aromatic carbocycles. The average Bonchev–Trinajstić information content (AvgIpc) is 3.23. The lowest BCUT2D eigenvalue weighted by Crippen LogP contribution is -2.20. The van der Waals surface area contributed by atoms with Crippen molar-refractivity contribution in [3.05, 3.63) is 38.9 Å². The molecular weight excluding hydrogens is 306 g/mol. The molecule has 0 aromatic heterocycles. The molecule has 0 heterocycles. The Balaban J connectivity index is 1.61. The third kappa shape index (κ3) is 2.97. The molecule has 22 heavy (non-hydrogen) atoms. The second-order valence-electron chi connectivity index (χ2n) is 5.84. The van der Waals surface area contributed by atoms with Gasteiger partial charge in [-0.15, -0.1) is 0 Å². The van der Waals surface area contributed by atoms with E-state index in [2.05, 4.69) is 10.5 Å². The zero-order chi connectivity index (χ0) is 15.7. The molecule has 2 saturated carbocycles. The van der Waals surface area contributed by atoms with E-state index in [-0.39, 0.29) is 17.5 Å². The summed E-state index contributed by atoms with van der Waals surface area (Å²) in [4.78, 5) is 22.3. The first-order chi connectivity index (χ1) is 10.6. The van der Waals surface area contributed by atoms with E-state index >= 15 is 0 Å². The van der Waals surface area contributed by atoms with Crippen LogP contribution in [0.25, 0.3) is 0 Å². The fourth-order valence-corrected chi connectivity index (χ4v) is 3.53. The maximum atomic E-state index is 12.1. The number of benzene rings is 1. The topological polar surface area (TPSA) is 84.6 Å². The van der Waals surface area contributed by atoms with Crippen LogP contribution in [0, 0.1) is 27.9 Å². The van der Waals surface area contributed by atoms with Crippen LogP contribution < -0.4 is 5.43 Å². The Hall–Kier alpha value is -1.95. The molecule has 2 aliphatic rings. The van der Waals surface area contributed by atoms with Gasteiger partial charge in [0.05, 0.1) is 11.1 Å². The summed E-state index contributed by atoms with van der Waals surface area (Å²) in [5, 5.41) is 15.0. The Kier molecular flexibility index (Phi) is 4.11. The third-order valence-corrected chi connectivity index (χ3v) is 4.87. The summed E-state index contributed by atoms with van der Waals surface area (Å²) in [5.41, 5.74) is 2.87. The molecule has 1 amide bonds. The normalized spacial score (nSPS) is 26.5. The molecule has 2 aliphatic carbocycles. The molecule has 2 atom stereocenters. The number of non-ortho nitro benzene ring substituents is 1. The van der Waals surface area contributed by atoms with Crippen LogP contribution in [0.5, 0.6) is 0 Å². The number of halogens is 1. The van der Waals surface area contributed by atoms with Gasteiger partial charge in [0.2, 0.25) is 5.91 Å². The molecule has 0 spiro atoms. The van der Waals surface area contributed by atoms with Gasteiger partial charge in [-0.3, -0.25) is 14.9 Å². The summed E-state index contributed by atoms with van der Waals surface area (Å²) in [6, 6.07) is 4.10. The second-order valence-corrected chi connectivity index (χ2v) is 6.24. The number of carbonyl (C=O) groups is 1. The number of nitro groups is 1. The quantitative estimate of drug-likeness (QED) is 0.525. The summed E-state index contributed by atoms with van der Waals surface area (Å²) in [7, 11) is 0. The van der Waals surface area contributed by atoms with E-state index in [0.717, 1.165) is 12.8 Å². The monoisotopic (exact) mass is 321 g/mol. The predicted molar refractivity (Wildman–Crippen MR) is 82.8 cm³/mol. The van der Waals surface area contributed by atoms with Crippen LogP contribution in [-0.2, 0) is 4.79 Å². The largest absolute Gasteiger partial charge is 0.273 e. The van der Waals surface area contributed by atoms with E-state index in [1.807, 2.05) is 0 Å².